The van der Waals surface area contributed by atoms with Crippen LogP contribution >= 0.6 is 0 Å². The lowest BCUT2D eigenvalue weighted by atomic mass is 9.95. The molecule has 1 saturated heterocycles. The van der Waals surface area contributed by atoms with Gasteiger partial charge in [0, 0.05) is 19.6 Å². The van der Waals surface area contributed by atoms with Gasteiger partial charge in [-0.25, -0.2) is 4.79 Å². The van der Waals surface area contributed by atoms with Crippen molar-refractivity contribution in [2.24, 2.45) is 11.7 Å². The Labute approximate surface area is 157 Å². The molecular weight excluding hydrogens is 328 g/mol. The van der Waals surface area contributed by atoms with E-state index < -0.39 is 5.60 Å². The zero-order chi connectivity index (χ0) is 19.3. The smallest absolute Gasteiger partial charge is 0.410 e. The molecule has 2 rings (SSSR count). The summed E-state index contributed by atoms with van der Waals surface area (Å²) in [5.41, 5.74) is 8.82. The molecule has 0 radical (unpaired) electrons. The van der Waals surface area contributed by atoms with Gasteiger partial charge in [-0.2, -0.15) is 0 Å². The van der Waals surface area contributed by atoms with Crippen molar-refractivity contribution >= 4 is 6.09 Å². The van der Waals surface area contributed by atoms with E-state index in [0.29, 0.717) is 19.1 Å². The van der Waals surface area contributed by atoms with E-state index >= 15 is 0 Å². The molecule has 1 aromatic carbocycles. The number of likely N-dealkylation sites (tertiary alicyclic amines) is 1. The van der Waals surface area contributed by atoms with Crippen molar-refractivity contribution in [3.63, 3.8) is 0 Å². The van der Waals surface area contributed by atoms with Crippen molar-refractivity contribution in [1.82, 2.24) is 4.90 Å². The summed E-state index contributed by atoms with van der Waals surface area (Å²) in [5.74, 6) is 1.37. The van der Waals surface area contributed by atoms with Gasteiger partial charge in [0.05, 0.1) is 6.61 Å². The van der Waals surface area contributed by atoms with Gasteiger partial charge in [0.2, 0.25) is 0 Å². The van der Waals surface area contributed by atoms with Crippen molar-refractivity contribution < 1.29 is 14.3 Å². The summed E-state index contributed by atoms with van der Waals surface area (Å²) in [6.07, 6.45) is 2.88. The highest BCUT2D eigenvalue weighted by atomic mass is 16.6. The molecule has 2 N–H and O–H groups in total. The number of piperidine rings is 1. The Balaban J connectivity index is 1.85. The quantitative estimate of drug-likeness (QED) is 0.853. The number of hydrogen-bond acceptors (Lipinski definition) is 4. The van der Waals surface area contributed by atoms with Gasteiger partial charge in [0.15, 0.2) is 0 Å². The normalized spacial score (nSPS) is 17.9. The summed E-state index contributed by atoms with van der Waals surface area (Å²) < 4.78 is 11.5. The van der Waals surface area contributed by atoms with E-state index in [4.69, 9.17) is 15.2 Å². The largest absolute Gasteiger partial charge is 0.493 e. The SMILES string of the molecule is Cc1cc(C)c(OCCC2CCCN(C(=O)OC(C)(C)C)C2)cc1CN. The monoisotopic (exact) mass is 362 g/mol. The number of ether oxygens (including phenoxy) is 2. The average molecular weight is 363 g/mol. The first-order valence-corrected chi connectivity index (χ1v) is 9.60. The lowest BCUT2D eigenvalue weighted by Crippen LogP contribution is -2.43. The fourth-order valence-electron chi connectivity index (χ4n) is 3.38. The van der Waals surface area contributed by atoms with Crippen LogP contribution in [-0.4, -0.2) is 36.3 Å². The van der Waals surface area contributed by atoms with Crippen molar-refractivity contribution in [2.45, 2.75) is 66.0 Å². The Morgan fingerprint density at radius 3 is 2.65 bits per heavy atom. The van der Waals surface area contributed by atoms with Crippen molar-refractivity contribution in [2.75, 3.05) is 19.7 Å². The Bertz CT molecular complexity index is 622. The number of carbonyl (C=O) groups excluding carboxylic acids is 1. The fraction of sp³-hybridized carbons (Fsp3) is 0.667. The summed E-state index contributed by atoms with van der Waals surface area (Å²) in [6.45, 7) is 12.6. The zero-order valence-corrected chi connectivity index (χ0v) is 16.9. The second kappa shape index (κ2) is 8.76. The molecule has 1 aliphatic heterocycles. The van der Waals surface area contributed by atoms with Crippen LogP contribution in [0.5, 0.6) is 5.75 Å². The van der Waals surface area contributed by atoms with E-state index in [1.807, 2.05) is 25.7 Å². The number of aryl methyl sites for hydroxylation is 2. The first kappa shape index (κ1) is 20.6. The number of amides is 1. The average Bonchev–Trinajstić information content (AvgIpc) is 2.55. The minimum absolute atomic E-state index is 0.204. The Hall–Kier alpha value is -1.75. The lowest BCUT2D eigenvalue weighted by molar-refractivity contribution is 0.0154. The Morgan fingerprint density at radius 1 is 1.27 bits per heavy atom. The molecule has 1 heterocycles. The molecule has 1 unspecified atom stereocenters. The number of nitrogens with zero attached hydrogens (tertiary/aromatic N) is 1. The van der Waals surface area contributed by atoms with Gasteiger partial charge in [-0.1, -0.05) is 6.07 Å². The molecule has 5 nitrogen and oxygen atoms in total. The Morgan fingerprint density at radius 2 is 2.00 bits per heavy atom. The van der Waals surface area contributed by atoms with Crippen molar-refractivity contribution in [3.8, 4) is 5.75 Å². The van der Waals surface area contributed by atoms with E-state index in [1.165, 1.54) is 5.56 Å². The van der Waals surface area contributed by atoms with Crippen LogP contribution < -0.4 is 10.5 Å². The molecule has 26 heavy (non-hydrogen) atoms. The second-order valence-corrected chi connectivity index (χ2v) is 8.32. The van der Waals surface area contributed by atoms with Crippen LogP contribution in [0.25, 0.3) is 0 Å². The molecule has 146 valence electrons. The van der Waals surface area contributed by atoms with Crippen molar-refractivity contribution in [3.05, 3.63) is 28.8 Å². The number of carbonyl (C=O) groups is 1. The molecule has 5 heteroatoms. The molecule has 1 aliphatic rings. The summed E-state index contributed by atoms with van der Waals surface area (Å²) in [7, 11) is 0. The maximum Gasteiger partial charge on any atom is 0.410 e. The molecule has 1 aromatic rings. The molecule has 1 amide bonds. The fourth-order valence-corrected chi connectivity index (χ4v) is 3.38. The molecule has 0 saturated carbocycles. The first-order chi connectivity index (χ1) is 12.2. The second-order valence-electron chi connectivity index (χ2n) is 8.32. The van der Waals surface area contributed by atoms with Gasteiger partial charge < -0.3 is 20.1 Å². The summed E-state index contributed by atoms with van der Waals surface area (Å²) in [6, 6.07) is 4.18. The molecule has 0 bridgehead atoms. The van der Waals surface area contributed by atoms with Gasteiger partial charge in [0.1, 0.15) is 11.4 Å². The maximum atomic E-state index is 12.3. The highest BCUT2D eigenvalue weighted by molar-refractivity contribution is 5.68. The molecule has 0 aromatic heterocycles. The number of nitrogens with two attached hydrogens (primary N) is 1. The number of hydrogen-bond donors (Lipinski definition) is 1. The number of benzene rings is 1. The highest BCUT2D eigenvalue weighted by Crippen LogP contribution is 2.25. The zero-order valence-electron chi connectivity index (χ0n) is 16.9. The minimum Gasteiger partial charge on any atom is -0.493 e. The van der Waals surface area contributed by atoms with Gasteiger partial charge >= 0.3 is 6.09 Å². The maximum absolute atomic E-state index is 12.3. The topological polar surface area (TPSA) is 64.8 Å². The predicted octanol–water partition coefficient (Wildman–Crippen LogP) is 4.18. The summed E-state index contributed by atoms with van der Waals surface area (Å²) in [4.78, 5) is 14.1. The van der Waals surface area contributed by atoms with Crippen LogP contribution in [0.3, 0.4) is 0 Å². The van der Waals surface area contributed by atoms with Crippen LogP contribution in [-0.2, 0) is 11.3 Å². The Kier molecular flexibility index (Phi) is 6.93. The molecule has 0 aliphatic carbocycles. The van der Waals surface area contributed by atoms with Crippen molar-refractivity contribution in [1.29, 1.82) is 0 Å². The van der Waals surface area contributed by atoms with Crippen LogP contribution in [0.1, 0.15) is 56.7 Å². The minimum atomic E-state index is -0.448. The summed E-state index contributed by atoms with van der Waals surface area (Å²) in [5, 5.41) is 0. The molecular formula is C21H34N2O3. The van der Waals surface area contributed by atoms with Gasteiger partial charge in [-0.15, -0.1) is 0 Å². The standard InChI is InChI=1S/C21H34N2O3/c1-15-11-16(2)19(12-18(15)13-22)25-10-8-17-7-6-9-23(14-17)20(24)26-21(3,4)5/h11-12,17H,6-10,13-14,22H2,1-5H3. The highest BCUT2D eigenvalue weighted by Gasteiger charge is 2.27. The van der Waals surface area contributed by atoms with E-state index in [9.17, 15) is 4.79 Å². The van der Waals surface area contributed by atoms with E-state index in [-0.39, 0.29) is 6.09 Å². The molecule has 1 atom stereocenters. The van der Waals surface area contributed by atoms with Gasteiger partial charge in [-0.3, -0.25) is 0 Å². The third-order valence-electron chi connectivity index (χ3n) is 4.81. The predicted molar refractivity (Wildman–Crippen MR) is 104 cm³/mol. The molecule has 1 fully saturated rings. The van der Waals surface area contributed by atoms with Crippen LogP contribution in [0.15, 0.2) is 12.1 Å². The van der Waals surface area contributed by atoms with Gasteiger partial charge in [-0.05, 0) is 82.6 Å². The van der Waals surface area contributed by atoms with E-state index in [2.05, 4.69) is 26.0 Å². The van der Waals surface area contributed by atoms with Crippen LogP contribution in [0.4, 0.5) is 4.79 Å². The summed E-state index contributed by atoms with van der Waals surface area (Å²) >= 11 is 0. The first-order valence-electron chi connectivity index (χ1n) is 9.60. The van der Waals surface area contributed by atoms with E-state index in [0.717, 1.165) is 49.2 Å². The lowest BCUT2D eigenvalue weighted by Gasteiger charge is -2.34. The van der Waals surface area contributed by atoms with Crippen LogP contribution in [0.2, 0.25) is 0 Å². The number of rotatable bonds is 5. The van der Waals surface area contributed by atoms with Gasteiger partial charge in [0.25, 0.3) is 0 Å². The van der Waals surface area contributed by atoms with Crippen LogP contribution in [0, 0.1) is 19.8 Å². The third-order valence-corrected chi connectivity index (χ3v) is 4.81. The third kappa shape index (κ3) is 5.90. The molecule has 0 spiro atoms. The van der Waals surface area contributed by atoms with E-state index in [1.54, 1.807) is 0 Å².